The number of ether oxygens (including phenoxy) is 1. The van der Waals surface area contributed by atoms with Crippen LogP contribution >= 0.6 is 11.8 Å². The third-order valence-electron chi connectivity index (χ3n) is 3.76. The van der Waals surface area contributed by atoms with Crippen molar-refractivity contribution >= 4 is 17.7 Å². The Labute approximate surface area is 139 Å². The Bertz CT molecular complexity index is 679. The molecule has 0 fully saturated rings. The minimum Gasteiger partial charge on any atom is -0.487 e. The zero-order chi connectivity index (χ0) is 16.1. The number of rotatable bonds is 6. The van der Waals surface area contributed by atoms with Crippen LogP contribution in [0.5, 0.6) is 5.75 Å². The van der Waals surface area contributed by atoms with Crippen molar-refractivity contribution in [3.63, 3.8) is 0 Å². The molecule has 0 aliphatic carbocycles. The molecule has 0 radical (unpaired) electrons. The van der Waals surface area contributed by atoms with Crippen molar-refractivity contribution in [2.24, 2.45) is 0 Å². The number of aromatic nitrogens is 2. The summed E-state index contributed by atoms with van der Waals surface area (Å²) in [6.07, 6.45) is 8.41. The maximum absolute atomic E-state index is 11.7. The molecule has 0 saturated heterocycles. The SMILES string of the molecule is CSCCC(=O)NC[C@@H]1Cc2cccc(-c3cncnc3)c2O1. The minimum absolute atomic E-state index is 0.0194. The summed E-state index contributed by atoms with van der Waals surface area (Å²) in [6, 6.07) is 6.10. The zero-order valence-electron chi connectivity index (χ0n) is 13.0. The second-order valence-electron chi connectivity index (χ2n) is 5.41. The van der Waals surface area contributed by atoms with Crippen LogP contribution in [0.4, 0.5) is 0 Å². The lowest BCUT2D eigenvalue weighted by molar-refractivity contribution is -0.121. The molecule has 3 rings (SSSR count). The van der Waals surface area contributed by atoms with Gasteiger partial charge in [0.25, 0.3) is 0 Å². The number of nitrogens with zero attached hydrogens (tertiary/aromatic N) is 2. The standard InChI is InChI=1S/C17H19N3O2S/c1-23-6-5-16(21)20-10-14-7-12-3-2-4-15(17(12)22-14)13-8-18-11-19-9-13/h2-4,8-9,11,14H,5-7,10H2,1H3,(H,20,21)/t14-/m0/s1. The van der Waals surface area contributed by atoms with Crippen molar-refractivity contribution in [1.29, 1.82) is 0 Å². The van der Waals surface area contributed by atoms with E-state index in [-0.39, 0.29) is 12.0 Å². The molecule has 0 saturated carbocycles. The Morgan fingerprint density at radius 3 is 3.00 bits per heavy atom. The van der Waals surface area contributed by atoms with Crippen molar-refractivity contribution in [3.05, 3.63) is 42.5 Å². The van der Waals surface area contributed by atoms with Gasteiger partial charge in [-0.2, -0.15) is 11.8 Å². The van der Waals surface area contributed by atoms with E-state index in [1.807, 2.05) is 18.4 Å². The smallest absolute Gasteiger partial charge is 0.220 e. The molecule has 23 heavy (non-hydrogen) atoms. The molecule has 1 aromatic carbocycles. The van der Waals surface area contributed by atoms with Crippen LogP contribution in [0.2, 0.25) is 0 Å². The van der Waals surface area contributed by atoms with E-state index in [4.69, 9.17) is 4.74 Å². The van der Waals surface area contributed by atoms with Gasteiger partial charge in [0.15, 0.2) is 0 Å². The fourth-order valence-electron chi connectivity index (χ4n) is 2.63. The molecule has 1 amide bonds. The maximum Gasteiger partial charge on any atom is 0.220 e. The van der Waals surface area contributed by atoms with Gasteiger partial charge in [-0.05, 0) is 11.8 Å². The predicted octanol–water partition coefficient (Wildman–Crippen LogP) is 2.32. The van der Waals surface area contributed by atoms with Gasteiger partial charge in [-0.25, -0.2) is 9.97 Å². The number of hydrogen-bond donors (Lipinski definition) is 1. The van der Waals surface area contributed by atoms with E-state index in [0.717, 1.165) is 34.6 Å². The van der Waals surface area contributed by atoms with Crippen molar-refractivity contribution in [1.82, 2.24) is 15.3 Å². The Morgan fingerprint density at radius 1 is 1.39 bits per heavy atom. The molecule has 1 aliphatic rings. The molecular weight excluding hydrogens is 310 g/mol. The summed E-state index contributed by atoms with van der Waals surface area (Å²) in [5, 5.41) is 2.95. The molecule has 1 N–H and O–H groups in total. The molecule has 1 aliphatic heterocycles. The number of carbonyl (C=O) groups is 1. The molecule has 1 aromatic heterocycles. The number of carbonyl (C=O) groups excluding carboxylic acids is 1. The van der Waals surface area contributed by atoms with Crippen LogP contribution in [0.15, 0.2) is 36.9 Å². The summed E-state index contributed by atoms with van der Waals surface area (Å²) in [5.74, 6) is 1.80. The van der Waals surface area contributed by atoms with Gasteiger partial charge in [0.05, 0.1) is 6.54 Å². The summed E-state index contributed by atoms with van der Waals surface area (Å²) >= 11 is 1.67. The van der Waals surface area contributed by atoms with Crippen LogP contribution in [0.3, 0.4) is 0 Å². The van der Waals surface area contributed by atoms with Gasteiger partial charge < -0.3 is 10.1 Å². The number of amides is 1. The Balaban J connectivity index is 1.66. The number of para-hydroxylation sites is 1. The van der Waals surface area contributed by atoms with E-state index in [1.165, 1.54) is 6.33 Å². The second kappa shape index (κ2) is 7.46. The minimum atomic E-state index is -0.0194. The van der Waals surface area contributed by atoms with Gasteiger partial charge in [-0.15, -0.1) is 0 Å². The number of thioether (sulfide) groups is 1. The third-order valence-corrected chi connectivity index (χ3v) is 4.37. The van der Waals surface area contributed by atoms with Crippen LogP contribution in [0.1, 0.15) is 12.0 Å². The van der Waals surface area contributed by atoms with E-state index < -0.39 is 0 Å². The van der Waals surface area contributed by atoms with Crippen LogP contribution < -0.4 is 10.1 Å². The van der Waals surface area contributed by atoms with Crippen LogP contribution in [0.25, 0.3) is 11.1 Å². The molecule has 120 valence electrons. The number of nitrogens with one attached hydrogen (secondary N) is 1. The summed E-state index contributed by atoms with van der Waals surface area (Å²) in [7, 11) is 0. The Kier molecular flexibility index (Phi) is 5.12. The summed E-state index contributed by atoms with van der Waals surface area (Å²) in [4.78, 5) is 19.9. The average molecular weight is 329 g/mol. The predicted molar refractivity (Wildman–Crippen MR) is 91.6 cm³/mol. The Hall–Kier alpha value is -2.08. The lowest BCUT2D eigenvalue weighted by atomic mass is 10.0. The second-order valence-corrected chi connectivity index (χ2v) is 6.40. The number of fused-ring (bicyclic) bond motifs is 1. The summed E-state index contributed by atoms with van der Waals surface area (Å²) in [6.45, 7) is 0.534. The maximum atomic E-state index is 11.7. The molecule has 6 heteroatoms. The highest BCUT2D eigenvalue weighted by Gasteiger charge is 2.26. The lowest BCUT2D eigenvalue weighted by Crippen LogP contribution is -2.34. The van der Waals surface area contributed by atoms with Gasteiger partial charge in [-0.3, -0.25) is 4.79 Å². The first-order valence-electron chi connectivity index (χ1n) is 7.57. The number of hydrogen-bond acceptors (Lipinski definition) is 5. The van der Waals surface area contributed by atoms with Gasteiger partial charge in [0.1, 0.15) is 18.2 Å². The molecule has 0 spiro atoms. The van der Waals surface area contributed by atoms with Crippen molar-refractivity contribution in [2.75, 3.05) is 18.6 Å². The lowest BCUT2D eigenvalue weighted by Gasteiger charge is -2.13. The first-order valence-corrected chi connectivity index (χ1v) is 8.97. The summed E-state index contributed by atoms with van der Waals surface area (Å²) in [5.41, 5.74) is 3.10. The molecule has 2 heterocycles. The van der Waals surface area contributed by atoms with E-state index in [9.17, 15) is 4.79 Å². The fourth-order valence-corrected chi connectivity index (χ4v) is 3.02. The van der Waals surface area contributed by atoms with Crippen molar-refractivity contribution in [3.8, 4) is 16.9 Å². The molecule has 2 aromatic rings. The monoisotopic (exact) mass is 329 g/mol. The van der Waals surface area contributed by atoms with E-state index in [0.29, 0.717) is 13.0 Å². The van der Waals surface area contributed by atoms with Crippen LogP contribution in [0, 0.1) is 0 Å². The van der Waals surface area contributed by atoms with Gasteiger partial charge in [0.2, 0.25) is 5.91 Å². The Morgan fingerprint density at radius 2 is 2.22 bits per heavy atom. The average Bonchev–Trinajstić information content (AvgIpc) is 3.02. The molecule has 0 bridgehead atoms. The highest BCUT2D eigenvalue weighted by atomic mass is 32.2. The van der Waals surface area contributed by atoms with Crippen molar-refractivity contribution in [2.45, 2.75) is 18.9 Å². The molecule has 0 unspecified atom stereocenters. The first kappa shape index (κ1) is 15.8. The largest absolute Gasteiger partial charge is 0.487 e. The first-order chi connectivity index (χ1) is 11.3. The molecular formula is C17H19N3O2S. The zero-order valence-corrected chi connectivity index (χ0v) is 13.8. The quantitative estimate of drug-likeness (QED) is 0.881. The van der Waals surface area contributed by atoms with Crippen LogP contribution in [-0.2, 0) is 11.2 Å². The highest BCUT2D eigenvalue weighted by molar-refractivity contribution is 7.98. The van der Waals surface area contributed by atoms with E-state index >= 15 is 0 Å². The van der Waals surface area contributed by atoms with Crippen molar-refractivity contribution < 1.29 is 9.53 Å². The molecule has 5 nitrogen and oxygen atoms in total. The highest BCUT2D eigenvalue weighted by Crippen LogP contribution is 2.38. The summed E-state index contributed by atoms with van der Waals surface area (Å²) < 4.78 is 6.07. The topological polar surface area (TPSA) is 64.1 Å². The van der Waals surface area contributed by atoms with Gasteiger partial charge in [0, 0.05) is 42.1 Å². The van der Waals surface area contributed by atoms with E-state index in [1.54, 1.807) is 24.2 Å². The van der Waals surface area contributed by atoms with Gasteiger partial charge >= 0.3 is 0 Å². The normalized spacial score (nSPS) is 15.8. The van der Waals surface area contributed by atoms with E-state index in [2.05, 4.69) is 21.4 Å². The fraction of sp³-hybridized carbons (Fsp3) is 0.353. The molecule has 1 atom stereocenters. The third kappa shape index (κ3) is 3.82. The number of benzene rings is 1. The van der Waals surface area contributed by atoms with Gasteiger partial charge in [-0.1, -0.05) is 18.2 Å². The van der Waals surface area contributed by atoms with Crippen LogP contribution in [-0.4, -0.2) is 40.5 Å².